The summed E-state index contributed by atoms with van der Waals surface area (Å²) in [6.07, 6.45) is 1.04. The molecule has 1 aromatic rings. The van der Waals surface area contributed by atoms with E-state index in [9.17, 15) is 14.9 Å². The molecule has 2 heterocycles. The van der Waals surface area contributed by atoms with Crippen molar-refractivity contribution in [2.24, 2.45) is 20.0 Å². The molecular formula is C15H23N5O3. The monoisotopic (exact) mass is 321 g/mol. The van der Waals surface area contributed by atoms with Crippen molar-refractivity contribution in [2.75, 3.05) is 45.2 Å². The molecule has 0 radical (unpaired) electrons. The fourth-order valence-corrected chi connectivity index (χ4v) is 2.90. The van der Waals surface area contributed by atoms with Crippen LogP contribution in [0.4, 0.5) is 5.82 Å². The molecule has 1 aromatic heterocycles. The topological polar surface area (TPSA) is 92.3 Å². The molecule has 2 rings (SSSR count). The standard InChI is InChI=1S/C15H23N5O3/c1-18-13(12(8-16)14(21)19(2)15(18)22)17-9-11-4-5-20(10-11)6-7-23-3/h11,17H,4-7,9-10H2,1-3H3/t11-/m1/s1. The van der Waals surface area contributed by atoms with Gasteiger partial charge in [0.2, 0.25) is 0 Å². The van der Waals surface area contributed by atoms with Gasteiger partial charge in [0.15, 0.2) is 5.56 Å². The zero-order valence-electron chi connectivity index (χ0n) is 13.8. The van der Waals surface area contributed by atoms with Gasteiger partial charge >= 0.3 is 5.69 Å². The Morgan fingerprint density at radius 3 is 2.74 bits per heavy atom. The van der Waals surface area contributed by atoms with Gasteiger partial charge in [-0.15, -0.1) is 0 Å². The molecule has 8 heteroatoms. The van der Waals surface area contributed by atoms with Gasteiger partial charge in [-0.1, -0.05) is 0 Å². The van der Waals surface area contributed by atoms with Gasteiger partial charge in [0.25, 0.3) is 5.56 Å². The molecule has 1 atom stereocenters. The summed E-state index contributed by atoms with van der Waals surface area (Å²) in [7, 11) is 4.62. The number of hydrogen-bond acceptors (Lipinski definition) is 6. The third-order valence-electron chi connectivity index (χ3n) is 4.32. The lowest BCUT2D eigenvalue weighted by Crippen LogP contribution is -2.40. The Kier molecular flexibility index (Phi) is 5.58. The predicted octanol–water partition coefficient (Wildman–Crippen LogP) is -0.664. The van der Waals surface area contributed by atoms with E-state index in [1.165, 1.54) is 11.6 Å². The second-order valence-electron chi connectivity index (χ2n) is 5.87. The molecule has 0 unspecified atom stereocenters. The molecule has 1 fully saturated rings. The number of methoxy groups -OCH3 is 1. The molecule has 126 valence electrons. The first-order valence-corrected chi connectivity index (χ1v) is 7.64. The quantitative estimate of drug-likeness (QED) is 0.747. The number of aromatic nitrogens is 2. The van der Waals surface area contributed by atoms with Crippen LogP contribution in [0.5, 0.6) is 0 Å². The Morgan fingerprint density at radius 1 is 1.35 bits per heavy atom. The summed E-state index contributed by atoms with van der Waals surface area (Å²) in [4.78, 5) is 26.3. The second kappa shape index (κ2) is 7.44. The van der Waals surface area contributed by atoms with Crippen molar-refractivity contribution in [1.82, 2.24) is 14.0 Å². The molecule has 0 aromatic carbocycles. The van der Waals surface area contributed by atoms with E-state index in [4.69, 9.17) is 4.74 Å². The minimum Gasteiger partial charge on any atom is -0.383 e. The van der Waals surface area contributed by atoms with Crippen molar-refractivity contribution in [1.29, 1.82) is 5.26 Å². The van der Waals surface area contributed by atoms with Gasteiger partial charge in [-0.2, -0.15) is 5.26 Å². The van der Waals surface area contributed by atoms with E-state index in [0.717, 1.165) is 30.6 Å². The van der Waals surface area contributed by atoms with Crippen molar-refractivity contribution < 1.29 is 4.74 Å². The van der Waals surface area contributed by atoms with E-state index in [2.05, 4.69) is 10.2 Å². The van der Waals surface area contributed by atoms with Gasteiger partial charge in [0.1, 0.15) is 11.9 Å². The van der Waals surface area contributed by atoms with E-state index >= 15 is 0 Å². The smallest absolute Gasteiger partial charge is 0.332 e. The highest BCUT2D eigenvalue weighted by molar-refractivity contribution is 5.51. The number of nitrogens with zero attached hydrogens (tertiary/aromatic N) is 4. The number of nitrogens with one attached hydrogen (secondary N) is 1. The Bertz CT molecular complexity index is 716. The molecular weight excluding hydrogens is 298 g/mol. The van der Waals surface area contributed by atoms with Crippen LogP contribution < -0.4 is 16.6 Å². The SMILES string of the molecule is COCCN1CC[C@H](CNc2c(C#N)c(=O)n(C)c(=O)n2C)C1. The minimum atomic E-state index is -0.564. The van der Waals surface area contributed by atoms with Crippen LogP contribution in [0.25, 0.3) is 0 Å². The first kappa shape index (κ1) is 17.2. The molecule has 0 saturated carbocycles. The van der Waals surface area contributed by atoms with Gasteiger partial charge in [0, 0.05) is 40.8 Å². The number of nitriles is 1. The third kappa shape index (κ3) is 3.63. The maximum Gasteiger partial charge on any atom is 0.332 e. The fourth-order valence-electron chi connectivity index (χ4n) is 2.90. The summed E-state index contributed by atoms with van der Waals surface area (Å²) in [5.74, 6) is 0.716. The lowest BCUT2D eigenvalue weighted by molar-refractivity contribution is 0.159. The number of anilines is 1. The van der Waals surface area contributed by atoms with Crippen LogP contribution in [0.3, 0.4) is 0 Å². The van der Waals surface area contributed by atoms with Crippen LogP contribution in [0.1, 0.15) is 12.0 Å². The van der Waals surface area contributed by atoms with Crippen LogP contribution in [0.15, 0.2) is 9.59 Å². The highest BCUT2D eigenvalue weighted by Gasteiger charge is 2.23. The van der Waals surface area contributed by atoms with Gasteiger partial charge in [-0.3, -0.25) is 13.9 Å². The number of hydrogen-bond donors (Lipinski definition) is 1. The van der Waals surface area contributed by atoms with E-state index in [-0.39, 0.29) is 5.56 Å². The number of rotatable bonds is 6. The molecule has 1 aliphatic heterocycles. The summed E-state index contributed by atoms with van der Waals surface area (Å²) < 4.78 is 7.35. The van der Waals surface area contributed by atoms with Crippen molar-refractivity contribution >= 4 is 5.82 Å². The van der Waals surface area contributed by atoms with Crippen LogP contribution in [-0.4, -0.2) is 53.9 Å². The van der Waals surface area contributed by atoms with Crippen molar-refractivity contribution in [3.8, 4) is 6.07 Å². The van der Waals surface area contributed by atoms with Gasteiger partial charge in [-0.25, -0.2) is 4.79 Å². The van der Waals surface area contributed by atoms with Crippen molar-refractivity contribution in [2.45, 2.75) is 6.42 Å². The van der Waals surface area contributed by atoms with Crippen molar-refractivity contribution in [3.05, 3.63) is 26.4 Å². The first-order valence-electron chi connectivity index (χ1n) is 7.64. The normalized spacial score (nSPS) is 18.1. The molecule has 1 N–H and O–H groups in total. The maximum absolute atomic E-state index is 12.0. The fraction of sp³-hybridized carbons (Fsp3) is 0.667. The van der Waals surface area contributed by atoms with E-state index in [0.29, 0.717) is 24.9 Å². The summed E-state index contributed by atoms with van der Waals surface area (Å²) in [6, 6.07) is 1.90. The second-order valence-corrected chi connectivity index (χ2v) is 5.87. The molecule has 0 spiro atoms. The molecule has 0 aliphatic carbocycles. The molecule has 23 heavy (non-hydrogen) atoms. The summed E-state index contributed by atoms with van der Waals surface area (Å²) in [6.45, 7) is 4.19. The van der Waals surface area contributed by atoms with Gasteiger partial charge in [0.05, 0.1) is 6.61 Å². The molecule has 1 saturated heterocycles. The summed E-state index contributed by atoms with van der Waals surface area (Å²) >= 11 is 0. The van der Waals surface area contributed by atoms with Crippen LogP contribution >= 0.6 is 0 Å². The highest BCUT2D eigenvalue weighted by Crippen LogP contribution is 2.17. The lowest BCUT2D eigenvalue weighted by Gasteiger charge is -2.18. The largest absolute Gasteiger partial charge is 0.383 e. The van der Waals surface area contributed by atoms with Gasteiger partial charge < -0.3 is 15.0 Å². The summed E-state index contributed by atoms with van der Waals surface area (Å²) in [5.41, 5.74) is -1.03. The minimum absolute atomic E-state index is 0.0242. The number of likely N-dealkylation sites (tertiary alicyclic amines) is 1. The van der Waals surface area contributed by atoms with E-state index < -0.39 is 11.2 Å². The van der Waals surface area contributed by atoms with E-state index in [1.807, 2.05) is 6.07 Å². The Hall–Kier alpha value is -2.11. The first-order chi connectivity index (χ1) is 11.0. The highest BCUT2D eigenvalue weighted by atomic mass is 16.5. The maximum atomic E-state index is 12.0. The average molecular weight is 321 g/mol. The molecule has 8 nitrogen and oxygen atoms in total. The average Bonchev–Trinajstić information content (AvgIpc) is 3.00. The molecule has 0 bridgehead atoms. The van der Waals surface area contributed by atoms with Gasteiger partial charge in [-0.05, 0) is 18.9 Å². The van der Waals surface area contributed by atoms with E-state index in [1.54, 1.807) is 14.2 Å². The van der Waals surface area contributed by atoms with Crippen LogP contribution in [0, 0.1) is 17.2 Å². The predicted molar refractivity (Wildman–Crippen MR) is 86.6 cm³/mol. The Balaban J connectivity index is 2.09. The van der Waals surface area contributed by atoms with Crippen molar-refractivity contribution in [3.63, 3.8) is 0 Å². The zero-order chi connectivity index (χ0) is 17.0. The Morgan fingerprint density at radius 2 is 2.09 bits per heavy atom. The van der Waals surface area contributed by atoms with Crippen LogP contribution in [0.2, 0.25) is 0 Å². The number of ether oxygens (including phenoxy) is 1. The van der Waals surface area contributed by atoms with Crippen LogP contribution in [-0.2, 0) is 18.8 Å². The third-order valence-corrected chi connectivity index (χ3v) is 4.32. The Labute approximate surface area is 134 Å². The zero-order valence-corrected chi connectivity index (χ0v) is 13.8. The summed E-state index contributed by atoms with van der Waals surface area (Å²) in [5, 5.41) is 12.4. The molecule has 1 aliphatic rings. The molecule has 0 amide bonds. The lowest BCUT2D eigenvalue weighted by atomic mass is 10.1.